The van der Waals surface area contributed by atoms with Crippen molar-refractivity contribution in [2.75, 3.05) is 5.75 Å². The first kappa shape index (κ1) is 14.9. The molecule has 0 aliphatic heterocycles. The van der Waals surface area contributed by atoms with Gasteiger partial charge in [-0.3, -0.25) is 4.79 Å². The maximum absolute atomic E-state index is 11.8. The Bertz CT molecular complexity index is 419. The highest BCUT2D eigenvalue weighted by Gasteiger charge is 2.22. The maximum Gasteiger partial charge on any atom is 0.221 e. The summed E-state index contributed by atoms with van der Waals surface area (Å²) in [6, 6.07) is 0.425. The van der Waals surface area contributed by atoms with E-state index < -0.39 is 0 Å². The van der Waals surface area contributed by atoms with Gasteiger partial charge in [-0.05, 0) is 32.1 Å². The molecule has 3 nitrogen and oxygen atoms in total. The van der Waals surface area contributed by atoms with Crippen molar-refractivity contribution in [3.05, 3.63) is 16.1 Å². The number of aryl methyl sites for hydroxylation is 1. The largest absolute Gasteiger partial charge is 0.353 e. The van der Waals surface area contributed by atoms with E-state index in [1.54, 1.807) is 23.1 Å². The minimum atomic E-state index is 0.209. The van der Waals surface area contributed by atoms with E-state index in [4.69, 9.17) is 0 Å². The number of thiazole rings is 1. The van der Waals surface area contributed by atoms with Gasteiger partial charge in [0.2, 0.25) is 5.91 Å². The number of carbonyl (C=O) groups is 1. The predicted octanol–water partition coefficient (Wildman–Crippen LogP) is 3.38. The van der Waals surface area contributed by atoms with Crippen LogP contribution in [0.15, 0.2) is 5.38 Å². The summed E-state index contributed by atoms with van der Waals surface area (Å²) in [5.74, 6) is 2.77. The van der Waals surface area contributed by atoms with Crippen LogP contribution in [0.1, 0.15) is 43.3 Å². The van der Waals surface area contributed by atoms with Gasteiger partial charge >= 0.3 is 0 Å². The Morgan fingerprint density at radius 3 is 3.05 bits per heavy atom. The van der Waals surface area contributed by atoms with E-state index in [1.807, 2.05) is 6.92 Å². The molecule has 2 unspecified atom stereocenters. The summed E-state index contributed by atoms with van der Waals surface area (Å²) in [5.41, 5.74) is 1.14. The highest BCUT2D eigenvalue weighted by atomic mass is 32.2. The molecule has 2 rings (SSSR count). The minimum absolute atomic E-state index is 0.209. The molecule has 1 N–H and O–H groups in total. The highest BCUT2D eigenvalue weighted by Crippen LogP contribution is 2.24. The molecule has 0 saturated heterocycles. The van der Waals surface area contributed by atoms with Gasteiger partial charge in [0.25, 0.3) is 0 Å². The molecule has 1 saturated carbocycles. The molecule has 2 atom stereocenters. The molecule has 1 aliphatic rings. The molecule has 0 radical (unpaired) electrons. The van der Waals surface area contributed by atoms with E-state index in [0.717, 1.165) is 41.0 Å². The first-order chi connectivity index (χ1) is 9.13. The quantitative estimate of drug-likeness (QED) is 0.819. The first-order valence-corrected chi connectivity index (χ1v) is 8.95. The molecule has 1 aliphatic carbocycles. The molecule has 5 heteroatoms. The minimum Gasteiger partial charge on any atom is -0.353 e. The fraction of sp³-hybridized carbons (Fsp3) is 0.714. The zero-order chi connectivity index (χ0) is 13.7. The lowest BCUT2D eigenvalue weighted by atomic mass is 10.1. The van der Waals surface area contributed by atoms with Gasteiger partial charge in [0, 0.05) is 29.3 Å². The first-order valence-electron chi connectivity index (χ1n) is 6.91. The van der Waals surface area contributed by atoms with Crippen LogP contribution in [0.25, 0.3) is 0 Å². The third-order valence-corrected chi connectivity index (χ3v) is 5.26. The summed E-state index contributed by atoms with van der Waals surface area (Å²) >= 11 is 3.48. The number of nitrogens with zero attached hydrogens (tertiary/aromatic N) is 1. The van der Waals surface area contributed by atoms with Gasteiger partial charge < -0.3 is 5.32 Å². The third-order valence-electron chi connectivity index (χ3n) is 3.45. The van der Waals surface area contributed by atoms with Crippen LogP contribution < -0.4 is 5.32 Å². The molecule has 0 bridgehead atoms. The third kappa shape index (κ3) is 5.15. The normalized spacial score (nSPS) is 22.6. The van der Waals surface area contributed by atoms with Crippen molar-refractivity contribution in [3.8, 4) is 0 Å². The Balaban J connectivity index is 1.56. The van der Waals surface area contributed by atoms with Crippen LogP contribution in [0.5, 0.6) is 0 Å². The number of aromatic nitrogens is 1. The average molecular weight is 298 g/mol. The van der Waals surface area contributed by atoms with Gasteiger partial charge in [0.15, 0.2) is 0 Å². The summed E-state index contributed by atoms with van der Waals surface area (Å²) in [6.45, 7) is 4.28. The van der Waals surface area contributed by atoms with Crippen LogP contribution in [-0.4, -0.2) is 22.7 Å². The number of hydrogen-bond acceptors (Lipinski definition) is 4. The van der Waals surface area contributed by atoms with E-state index in [-0.39, 0.29) is 5.91 Å². The lowest BCUT2D eigenvalue weighted by Gasteiger charge is -2.12. The molecule has 1 heterocycles. The monoisotopic (exact) mass is 298 g/mol. The Morgan fingerprint density at radius 1 is 1.58 bits per heavy atom. The zero-order valence-corrected chi connectivity index (χ0v) is 13.3. The molecule has 1 amide bonds. The fourth-order valence-electron chi connectivity index (χ4n) is 2.45. The number of rotatable bonds is 6. The van der Waals surface area contributed by atoms with Crippen molar-refractivity contribution >= 4 is 29.0 Å². The SMILES string of the molecule is Cc1nc(CSCCC(=O)NC2CCC(C)C2)cs1. The Labute approximate surface area is 123 Å². The lowest BCUT2D eigenvalue weighted by molar-refractivity contribution is -0.121. The molecule has 1 fully saturated rings. The Kier molecular flexibility index (Phi) is 5.70. The fourth-order valence-corrected chi connectivity index (χ4v) is 4.00. The molecule has 0 spiro atoms. The number of amides is 1. The van der Waals surface area contributed by atoms with Crippen LogP contribution in [-0.2, 0) is 10.5 Å². The lowest BCUT2D eigenvalue weighted by Crippen LogP contribution is -2.33. The molecule has 0 aromatic carbocycles. The van der Waals surface area contributed by atoms with Crippen LogP contribution in [0.2, 0.25) is 0 Å². The maximum atomic E-state index is 11.8. The van der Waals surface area contributed by atoms with Crippen molar-refractivity contribution in [3.63, 3.8) is 0 Å². The van der Waals surface area contributed by atoms with E-state index >= 15 is 0 Å². The molecule has 106 valence electrons. The second-order valence-corrected chi connectivity index (χ2v) is 7.51. The zero-order valence-electron chi connectivity index (χ0n) is 11.6. The summed E-state index contributed by atoms with van der Waals surface area (Å²) in [7, 11) is 0. The second-order valence-electron chi connectivity index (χ2n) is 5.34. The van der Waals surface area contributed by atoms with Crippen molar-refractivity contribution in [2.45, 2.75) is 51.3 Å². The summed E-state index contributed by atoms with van der Waals surface area (Å²) in [6.07, 6.45) is 4.18. The standard InChI is InChI=1S/C14H22N2OS2/c1-10-3-4-12(7-10)16-14(17)5-6-18-8-13-9-19-11(2)15-13/h9-10,12H,3-8H2,1-2H3,(H,16,17). The predicted molar refractivity (Wildman–Crippen MR) is 82.6 cm³/mol. The average Bonchev–Trinajstić information content (AvgIpc) is 2.94. The van der Waals surface area contributed by atoms with Gasteiger partial charge in [-0.25, -0.2) is 4.98 Å². The van der Waals surface area contributed by atoms with Crippen LogP contribution >= 0.6 is 23.1 Å². The van der Waals surface area contributed by atoms with Gasteiger partial charge in [0.05, 0.1) is 10.7 Å². The Hall–Kier alpha value is -0.550. The van der Waals surface area contributed by atoms with Crippen LogP contribution in [0.4, 0.5) is 0 Å². The van der Waals surface area contributed by atoms with E-state index in [1.165, 1.54) is 6.42 Å². The van der Waals surface area contributed by atoms with Gasteiger partial charge in [-0.2, -0.15) is 11.8 Å². The summed E-state index contributed by atoms with van der Waals surface area (Å²) in [4.78, 5) is 16.2. The van der Waals surface area contributed by atoms with Crippen molar-refractivity contribution in [1.29, 1.82) is 0 Å². The molecular formula is C14H22N2OS2. The van der Waals surface area contributed by atoms with Gasteiger partial charge in [-0.1, -0.05) is 6.92 Å². The van der Waals surface area contributed by atoms with Crippen molar-refractivity contribution < 1.29 is 4.79 Å². The smallest absolute Gasteiger partial charge is 0.221 e. The Morgan fingerprint density at radius 2 is 2.42 bits per heavy atom. The molecule has 1 aromatic rings. The van der Waals surface area contributed by atoms with Gasteiger partial charge in [-0.15, -0.1) is 11.3 Å². The number of hydrogen-bond donors (Lipinski definition) is 1. The number of thioether (sulfide) groups is 1. The number of carbonyl (C=O) groups excluding carboxylic acids is 1. The number of nitrogens with one attached hydrogen (secondary N) is 1. The summed E-state index contributed by atoms with van der Waals surface area (Å²) < 4.78 is 0. The molecular weight excluding hydrogens is 276 g/mol. The van der Waals surface area contributed by atoms with Crippen LogP contribution in [0.3, 0.4) is 0 Å². The van der Waals surface area contributed by atoms with E-state index in [0.29, 0.717) is 12.5 Å². The van der Waals surface area contributed by atoms with E-state index in [9.17, 15) is 4.79 Å². The van der Waals surface area contributed by atoms with Gasteiger partial charge in [0.1, 0.15) is 0 Å². The second kappa shape index (κ2) is 7.29. The van der Waals surface area contributed by atoms with Crippen LogP contribution in [0, 0.1) is 12.8 Å². The topological polar surface area (TPSA) is 42.0 Å². The van der Waals surface area contributed by atoms with Crippen molar-refractivity contribution in [1.82, 2.24) is 10.3 Å². The molecule has 1 aromatic heterocycles. The van der Waals surface area contributed by atoms with E-state index in [2.05, 4.69) is 22.6 Å². The highest BCUT2D eigenvalue weighted by molar-refractivity contribution is 7.98. The summed E-state index contributed by atoms with van der Waals surface area (Å²) in [5, 5.41) is 6.36. The molecule has 19 heavy (non-hydrogen) atoms. The van der Waals surface area contributed by atoms with Crippen molar-refractivity contribution in [2.24, 2.45) is 5.92 Å².